The van der Waals surface area contributed by atoms with Gasteiger partial charge >= 0.3 is 0 Å². The van der Waals surface area contributed by atoms with Crippen LogP contribution in [-0.4, -0.2) is 58.3 Å². The zero-order chi connectivity index (χ0) is 16.9. The molecular weight excluding hydrogens is 316 g/mol. The number of carbonyl (C=O) groups excluding carboxylic acids is 1. The number of rotatable bonds is 6. The van der Waals surface area contributed by atoms with Crippen molar-refractivity contribution in [3.63, 3.8) is 0 Å². The molecule has 6 nitrogen and oxygen atoms in total. The molecule has 0 atom stereocenters. The van der Waals surface area contributed by atoms with Crippen molar-refractivity contribution in [1.29, 1.82) is 0 Å². The first-order valence-electron chi connectivity index (χ1n) is 7.77. The minimum Gasteiger partial charge on any atom is -0.493 e. The molecule has 1 aliphatic heterocycles. The first-order valence-corrected chi connectivity index (χ1v) is 9.66. The van der Waals surface area contributed by atoms with Gasteiger partial charge in [-0.2, -0.15) is 0 Å². The van der Waals surface area contributed by atoms with E-state index in [0.717, 1.165) is 32.2 Å². The first-order chi connectivity index (χ1) is 10.9. The second-order valence-corrected chi connectivity index (χ2v) is 7.84. The quantitative estimate of drug-likeness (QED) is 0.838. The molecule has 1 aromatic rings. The van der Waals surface area contributed by atoms with Gasteiger partial charge in [-0.05, 0) is 50.2 Å². The summed E-state index contributed by atoms with van der Waals surface area (Å²) in [5.74, 6) is 0.638. The molecule has 1 saturated heterocycles. The van der Waals surface area contributed by atoms with Crippen molar-refractivity contribution >= 4 is 15.7 Å². The molecule has 128 valence electrons. The standard InChI is InChI=1S/C16H24N2O4S/c1-18(13-7-10-17-11-8-13)16(19)9-12-22-14-3-5-15(6-4-14)23(2,20)21/h3-6,13,17H,7-12H2,1-2H3. The van der Waals surface area contributed by atoms with E-state index in [1.807, 2.05) is 11.9 Å². The van der Waals surface area contributed by atoms with Gasteiger partial charge in [0.25, 0.3) is 0 Å². The fourth-order valence-corrected chi connectivity index (χ4v) is 3.24. The van der Waals surface area contributed by atoms with Crippen molar-refractivity contribution in [1.82, 2.24) is 10.2 Å². The number of nitrogens with one attached hydrogen (secondary N) is 1. The Balaban J connectivity index is 1.78. The second-order valence-electron chi connectivity index (χ2n) is 5.83. The number of ether oxygens (including phenoxy) is 1. The number of amides is 1. The Morgan fingerprint density at radius 3 is 2.43 bits per heavy atom. The summed E-state index contributed by atoms with van der Waals surface area (Å²) in [6, 6.07) is 6.54. The molecule has 1 amide bonds. The van der Waals surface area contributed by atoms with Crippen molar-refractivity contribution in [3.8, 4) is 5.75 Å². The van der Waals surface area contributed by atoms with Crippen LogP contribution in [0, 0.1) is 0 Å². The van der Waals surface area contributed by atoms with Crippen LogP contribution in [0.25, 0.3) is 0 Å². The number of piperidine rings is 1. The number of hydrogen-bond donors (Lipinski definition) is 1. The molecule has 1 aromatic carbocycles. The summed E-state index contributed by atoms with van der Waals surface area (Å²) in [5.41, 5.74) is 0. The molecule has 23 heavy (non-hydrogen) atoms. The van der Waals surface area contributed by atoms with Crippen molar-refractivity contribution in [2.24, 2.45) is 0 Å². The molecule has 1 fully saturated rings. The smallest absolute Gasteiger partial charge is 0.225 e. The Kier molecular flexibility index (Phi) is 6.01. The molecule has 0 aliphatic carbocycles. The Morgan fingerprint density at radius 1 is 1.26 bits per heavy atom. The highest BCUT2D eigenvalue weighted by Gasteiger charge is 2.21. The summed E-state index contributed by atoms with van der Waals surface area (Å²) in [7, 11) is -1.35. The fraction of sp³-hybridized carbons (Fsp3) is 0.562. The van der Waals surface area contributed by atoms with Crippen LogP contribution < -0.4 is 10.1 Å². The Hall–Kier alpha value is -1.60. The summed E-state index contributed by atoms with van der Waals surface area (Å²) >= 11 is 0. The lowest BCUT2D eigenvalue weighted by Crippen LogP contribution is -2.44. The number of hydrogen-bond acceptors (Lipinski definition) is 5. The molecule has 1 N–H and O–H groups in total. The molecule has 0 saturated carbocycles. The maximum absolute atomic E-state index is 12.2. The number of sulfone groups is 1. The van der Waals surface area contributed by atoms with Crippen molar-refractivity contribution < 1.29 is 17.9 Å². The van der Waals surface area contributed by atoms with Crippen molar-refractivity contribution in [2.75, 3.05) is 33.0 Å². The molecular formula is C16H24N2O4S. The van der Waals surface area contributed by atoms with Gasteiger partial charge in [0.2, 0.25) is 5.91 Å². The van der Waals surface area contributed by atoms with Gasteiger partial charge in [0.1, 0.15) is 5.75 Å². The molecule has 0 unspecified atom stereocenters. The normalized spacial score (nSPS) is 16.1. The largest absolute Gasteiger partial charge is 0.493 e. The Bertz CT molecular complexity index is 622. The van der Waals surface area contributed by atoms with Gasteiger partial charge in [-0.1, -0.05) is 0 Å². The molecule has 0 aromatic heterocycles. The van der Waals surface area contributed by atoms with E-state index in [1.54, 1.807) is 12.1 Å². The summed E-state index contributed by atoms with van der Waals surface area (Å²) in [6.07, 6.45) is 3.44. The predicted molar refractivity (Wildman–Crippen MR) is 88.3 cm³/mol. The minimum atomic E-state index is -3.20. The average molecular weight is 340 g/mol. The third kappa shape index (κ3) is 5.21. The Morgan fingerprint density at radius 2 is 1.87 bits per heavy atom. The molecule has 2 rings (SSSR count). The monoisotopic (exact) mass is 340 g/mol. The van der Waals surface area contributed by atoms with Gasteiger partial charge in [0.15, 0.2) is 9.84 Å². The molecule has 1 aliphatic rings. The molecule has 0 radical (unpaired) electrons. The highest BCUT2D eigenvalue weighted by molar-refractivity contribution is 7.90. The molecule has 0 spiro atoms. The first kappa shape index (κ1) is 17.7. The van der Waals surface area contributed by atoms with Crippen LogP contribution in [-0.2, 0) is 14.6 Å². The van der Waals surface area contributed by atoms with Crippen LogP contribution in [0.15, 0.2) is 29.2 Å². The number of nitrogens with zero attached hydrogens (tertiary/aromatic N) is 1. The van der Waals surface area contributed by atoms with Crippen LogP contribution in [0.4, 0.5) is 0 Å². The number of carbonyl (C=O) groups is 1. The van der Waals surface area contributed by atoms with E-state index in [9.17, 15) is 13.2 Å². The third-order valence-electron chi connectivity index (χ3n) is 4.09. The SMILES string of the molecule is CN(C(=O)CCOc1ccc(S(C)(=O)=O)cc1)C1CCNCC1. The van der Waals surface area contributed by atoms with E-state index in [4.69, 9.17) is 4.74 Å². The zero-order valence-corrected chi connectivity index (χ0v) is 14.4. The van der Waals surface area contributed by atoms with E-state index in [2.05, 4.69) is 5.32 Å². The lowest BCUT2D eigenvalue weighted by Gasteiger charge is -2.31. The summed E-state index contributed by atoms with van der Waals surface area (Å²) in [6.45, 7) is 2.18. The van der Waals surface area contributed by atoms with E-state index in [1.165, 1.54) is 12.1 Å². The molecule has 0 bridgehead atoms. The zero-order valence-electron chi connectivity index (χ0n) is 13.6. The van der Waals surface area contributed by atoms with Gasteiger partial charge in [-0.3, -0.25) is 4.79 Å². The third-order valence-corrected chi connectivity index (χ3v) is 5.21. The maximum Gasteiger partial charge on any atom is 0.225 e. The average Bonchev–Trinajstić information content (AvgIpc) is 2.54. The topological polar surface area (TPSA) is 75.7 Å². The summed E-state index contributed by atoms with van der Waals surface area (Å²) in [5, 5.41) is 3.28. The van der Waals surface area contributed by atoms with Crippen LogP contribution in [0.3, 0.4) is 0 Å². The van der Waals surface area contributed by atoms with Gasteiger partial charge in [0, 0.05) is 19.3 Å². The van der Waals surface area contributed by atoms with Crippen molar-refractivity contribution in [2.45, 2.75) is 30.2 Å². The maximum atomic E-state index is 12.2. The summed E-state index contributed by atoms with van der Waals surface area (Å²) < 4.78 is 28.3. The predicted octanol–water partition coefficient (Wildman–Crippen LogP) is 1.07. The van der Waals surface area contributed by atoms with E-state index in [0.29, 0.717) is 18.2 Å². The van der Waals surface area contributed by atoms with Crippen LogP contribution in [0.1, 0.15) is 19.3 Å². The van der Waals surface area contributed by atoms with Gasteiger partial charge in [0.05, 0.1) is 17.9 Å². The van der Waals surface area contributed by atoms with Gasteiger partial charge < -0.3 is 15.0 Å². The van der Waals surface area contributed by atoms with Crippen LogP contribution >= 0.6 is 0 Å². The van der Waals surface area contributed by atoms with E-state index in [-0.39, 0.29) is 17.4 Å². The Labute approximate surface area is 137 Å². The minimum absolute atomic E-state index is 0.0738. The molecule has 7 heteroatoms. The molecule has 1 heterocycles. The van der Waals surface area contributed by atoms with Crippen LogP contribution in [0.2, 0.25) is 0 Å². The summed E-state index contributed by atoms with van der Waals surface area (Å²) in [4.78, 5) is 14.2. The van der Waals surface area contributed by atoms with Crippen LogP contribution in [0.5, 0.6) is 5.75 Å². The highest BCUT2D eigenvalue weighted by Crippen LogP contribution is 2.16. The number of benzene rings is 1. The lowest BCUT2D eigenvalue weighted by molar-refractivity contribution is -0.132. The van der Waals surface area contributed by atoms with Gasteiger partial charge in [-0.25, -0.2) is 8.42 Å². The van der Waals surface area contributed by atoms with E-state index < -0.39 is 9.84 Å². The van der Waals surface area contributed by atoms with Gasteiger partial charge in [-0.15, -0.1) is 0 Å². The lowest BCUT2D eigenvalue weighted by atomic mass is 10.1. The second kappa shape index (κ2) is 7.79. The fourth-order valence-electron chi connectivity index (χ4n) is 2.61. The highest BCUT2D eigenvalue weighted by atomic mass is 32.2. The van der Waals surface area contributed by atoms with E-state index >= 15 is 0 Å². The van der Waals surface area contributed by atoms with Crippen molar-refractivity contribution in [3.05, 3.63) is 24.3 Å².